The first-order valence-corrected chi connectivity index (χ1v) is 9.35. The first-order valence-electron chi connectivity index (χ1n) is 9.35. The fourth-order valence-electron chi connectivity index (χ4n) is 3.42. The fourth-order valence-corrected chi connectivity index (χ4v) is 3.42. The molecule has 2 aromatic rings. The van der Waals surface area contributed by atoms with Gasteiger partial charge in [-0.2, -0.15) is 13.2 Å². The number of urea groups is 1. The number of hydrogen-bond acceptors (Lipinski definition) is 3. The lowest BCUT2D eigenvalue weighted by atomic mass is 10.0. The zero-order chi connectivity index (χ0) is 20.9. The second-order valence-corrected chi connectivity index (χ2v) is 6.88. The highest BCUT2D eigenvalue weighted by Crippen LogP contribution is 2.32. The van der Waals surface area contributed by atoms with E-state index in [2.05, 4.69) is 5.32 Å². The van der Waals surface area contributed by atoms with Crippen molar-refractivity contribution in [1.82, 2.24) is 4.90 Å². The Hall–Kier alpha value is -2.90. The van der Waals surface area contributed by atoms with Crippen LogP contribution in [0.3, 0.4) is 0 Å². The molecule has 2 aromatic carbocycles. The van der Waals surface area contributed by atoms with Gasteiger partial charge in [-0.05, 0) is 37.0 Å². The molecule has 0 aliphatic carbocycles. The van der Waals surface area contributed by atoms with E-state index in [-0.39, 0.29) is 23.6 Å². The highest BCUT2D eigenvalue weighted by molar-refractivity contribution is 5.90. The van der Waals surface area contributed by atoms with Crippen molar-refractivity contribution in [3.05, 3.63) is 54.1 Å². The Balaban J connectivity index is 1.67. The molecule has 0 saturated carbocycles. The summed E-state index contributed by atoms with van der Waals surface area (Å²) in [5.74, 6) is 0.0836. The normalized spacial score (nSPS) is 16.6. The summed E-state index contributed by atoms with van der Waals surface area (Å²) in [7, 11) is 1.34. The molecule has 3 rings (SSSR count). The Labute approximate surface area is 167 Å². The van der Waals surface area contributed by atoms with Crippen molar-refractivity contribution in [3.8, 4) is 11.5 Å². The van der Waals surface area contributed by atoms with Crippen LogP contribution in [0, 0.1) is 0 Å². The third-order valence-electron chi connectivity index (χ3n) is 4.76. The lowest BCUT2D eigenvalue weighted by Crippen LogP contribution is -2.39. The summed E-state index contributed by atoms with van der Waals surface area (Å²) >= 11 is 0. The number of carbonyl (C=O) groups is 1. The van der Waals surface area contributed by atoms with Gasteiger partial charge >= 0.3 is 12.2 Å². The lowest BCUT2D eigenvalue weighted by Gasteiger charge is -2.25. The molecule has 0 bridgehead atoms. The second-order valence-electron chi connectivity index (χ2n) is 6.88. The average molecular weight is 408 g/mol. The molecular formula is C21H23F3N2O3. The Bertz CT molecular complexity index is 828. The number of rotatable bonds is 6. The second kappa shape index (κ2) is 9.07. The van der Waals surface area contributed by atoms with Crippen LogP contribution in [-0.4, -0.2) is 43.4 Å². The van der Waals surface area contributed by atoms with Crippen LogP contribution in [0.5, 0.6) is 11.5 Å². The van der Waals surface area contributed by atoms with E-state index in [0.29, 0.717) is 12.2 Å². The van der Waals surface area contributed by atoms with E-state index in [1.165, 1.54) is 19.2 Å². The zero-order valence-corrected chi connectivity index (χ0v) is 16.0. The van der Waals surface area contributed by atoms with Gasteiger partial charge in [0.1, 0.15) is 0 Å². The van der Waals surface area contributed by atoms with Gasteiger partial charge < -0.3 is 19.7 Å². The summed E-state index contributed by atoms with van der Waals surface area (Å²) in [5, 5.41) is 2.76. The van der Waals surface area contributed by atoms with Crippen LogP contribution in [-0.2, 0) is 6.42 Å². The predicted octanol–water partition coefficient (Wildman–Crippen LogP) is 4.88. The molecule has 1 aliphatic rings. The minimum Gasteiger partial charge on any atom is -0.493 e. The number of carbonyl (C=O) groups excluding carboxylic acids is 1. The smallest absolute Gasteiger partial charge is 0.422 e. The molecule has 1 unspecified atom stereocenters. The molecule has 2 amide bonds. The molecule has 1 atom stereocenters. The van der Waals surface area contributed by atoms with Gasteiger partial charge in [0.25, 0.3) is 0 Å². The third-order valence-corrected chi connectivity index (χ3v) is 4.76. The number of likely N-dealkylation sites (tertiary alicyclic amines) is 1. The van der Waals surface area contributed by atoms with Gasteiger partial charge in [0.2, 0.25) is 0 Å². The molecular weight excluding hydrogens is 385 g/mol. The van der Waals surface area contributed by atoms with E-state index < -0.39 is 12.8 Å². The quantitative estimate of drug-likeness (QED) is 0.742. The Morgan fingerprint density at radius 3 is 2.62 bits per heavy atom. The van der Waals surface area contributed by atoms with Gasteiger partial charge in [0, 0.05) is 24.3 Å². The number of nitrogens with one attached hydrogen (secondary N) is 1. The van der Waals surface area contributed by atoms with Gasteiger partial charge in [-0.1, -0.05) is 30.3 Å². The number of benzene rings is 2. The average Bonchev–Trinajstić information content (AvgIpc) is 3.15. The molecule has 1 heterocycles. The highest BCUT2D eigenvalue weighted by atomic mass is 19.4. The van der Waals surface area contributed by atoms with E-state index >= 15 is 0 Å². The van der Waals surface area contributed by atoms with Gasteiger partial charge in [0.05, 0.1) is 7.11 Å². The van der Waals surface area contributed by atoms with Crippen LogP contribution in [0.25, 0.3) is 0 Å². The van der Waals surface area contributed by atoms with Crippen molar-refractivity contribution in [2.24, 2.45) is 0 Å². The monoisotopic (exact) mass is 408 g/mol. The molecule has 8 heteroatoms. The van der Waals surface area contributed by atoms with Crippen molar-refractivity contribution in [1.29, 1.82) is 0 Å². The van der Waals surface area contributed by atoms with Crippen molar-refractivity contribution >= 4 is 11.7 Å². The summed E-state index contributed by atoms with van der Waals surface area (Å²) < 4.78 is 47.3. The number of alkyl halides is 3. The molecule has 1 aliphatic heterocycles. The van der Waals surface area contributed by atoms with Gasteiger partial charge in [0.15, 0.2) is 18.1 Å². The maximum absolute atomic E-state index is 12.8. The summed E-state index contributed by atoms with van der Waals surface area (Å²) in [6.07, 6.45) is -1.89. The minimum absolute atomic E-state index is 0.0788. The van der Waals surface area contributed by atoms with Gasteiger partial charge in [-0.25, -0.2) is 4.79 Å². The van der Waals surface area contributed by atoms with Crippen molar-refractivity contribution in [2.75, 3.05) is 25.6 Å². The van der Waals surface area contributed by atoms with E-state index in [1.54, 1.807) is 11.0 Å². The standard InChI is InChI=1S/C21H23F3N2O3/c1-28-18-10-9-16(13-19(18)29-14-21(22,23)24)25-20(27)26-11-5-8-17(26)12-15-6-3-2-4-7-15/h2-4,6-7,9-10,13,17H,5,8,11-12,14H2,1H3,(H,25,27). The molecule has 0 aromatic heterocycles. The number of ether oxygens (including phenoxy) is 2. The van der Waals surface area contributed by atoms with Crippen LogP contribution in [0.1, 0.15) is 18.4 Å². The Kier molecular flexibility index (Phi) is 6.51. The van der Waals surface area contributed by atoms with Crippen LogP contribution < -0.4 is 14.8 Å². The van der Waals surface area contributed by atoms with Crippen LogP contribution in [0.2, 0.25) is 0 Å². The topological polar surface area (TPSA) is 50.8 Å². The molecule has 1 saturated heterocycles. The lowest BCUT2D eigenvalue weighted by molar-refractivity contribution is -0.153. The Morgan fingerprint density at radius 1 is 1.17 bits per heavy atom. The van der Waals surface area contributed by atoms with Crippen molar-refractivity contribution < 1.29 is 27.4 Å². The largest absolute Gasteiger partial charge is 0.493 e. The van der Waals surface area contributed by atoms with Crippen molar-refractivity contribution in [3.63, 3.8) is 0 Å². The summed E-state index contributed by atoms with van der Waals surface area (Å²) in [6.45, 7) is -0.803. The number of amides is 2. The number of nitrogens with zero attached hydrogens (tertiary/aromatic N) is 1. The first kappa shape index (κ1) is 20.8. The summed E-state index contributed by atoms with van der Waals surface area (Å²) in [4.78, 5) is 14.5. The van der Waals surface area contributed by atoms with E-state index in [4.69, 9.17) is 9.47 Å². The molecule has 1 N–H and O–H groups in total. The third kappa shape index (κ3) is 5.79. The highest BCUT2D eigenvalue weighted by Gasteiger charge is 2.30. The molecule has 1 fully saturated rings. The number of hydrogen-bond donors (Lipinski definition) is 1. The predicted molar refractivity (Wildman–Crippen MR) is 103 cm³/mol. The summed E-state index contributed by atoms with van der Waals surface area (Å²) in [6, 6.07) is 14.1. The Morgan fingerprint density at radius 2 is 1.93 bits per heavy atom. The molecule has 0 spiro atoms. The number of methoxy groups -OCH3 is 1. The van der Waals surface area contributed by atoms with Crippen molar-refractivity contribution in [2.45, 2.75) is 31.5 Å². The molecule has 0 radical (unpaired) electrons. The SMILES string of the molecule is COc1ccc(NC(=O)N2CCCC2Cc2ccccc2)cc1OCC(F)(F)F. The van der Waals surface area contributed by atoms with Gasteiger partial charge in [-0.3, -0.25) is 0 Å². The number of anilines is 1. The minimum atomic E-state index is -4.47. The van der Waals surface area contributed by atoms with E-state index in [1.807, 2.05) is 30.3 Å². The zero-order valence-electron chi connectivity index (χ0n) is 16.0. The van der Waals surface area contributed by atoms with Crippen LogP contribution in [0.15, 0.2) is 48.5 Å². The molecule has 29 heavy (non-hydrogen) atoms. The maximum Gasteiger partial charge on any atom is 0.422 e. The number of halogens is 3. The van der Waals surface area contributed by atoms with E-state index in [9.17, 15) is 18.0 Å². The molecule has 156 valence electrons. The van der Waals surface area contributed by atoms with Crippen LogP contribution in [0.4, 0.5) is 23.7 Å². The maximum atomic E-state index is 12.8. The first-order chi connectivity index (χ1) is 13.9. The molecule has 5 nitrogen and oxygen atoms in total. The van der Waals surface area contributed by atoms with Gasteiger partial charge in [-0.15, -0.1) is 0 Å². The fraction of sp³-hybridized carbons (Fsp3) is 0.381. The van der Waals surface area contributed by atoms with Crippen LogP contribution >= 0.6 is 0 Å². The van der Waals surface area contributed by atoms with E-state index in [0.717, 1.165) is 24.8 Å². The summed E-state index contributed by atoms with van der Waals surface area (Å²) in [5.41, 5.74) is 1.50.